The molecule has 1 atom stereocenters. The van der Waals surface area contributed by atoms with Gasteiger partial charge < -0.3 is 0 Å². The van der Waals surface area contributed by atoms with Gasteiger partial charge in [-0.3, -0.25) is 0 Å². The molecule has 0 N–H and O–H groups in total. The maximum atomic E-state index is 15.4. The summed E-state index contributed by atoms with van der Waals surface area (Å²) in [5, 5.41) is 9.24. The molecule has 27 heavy (non-hydrogen) atoms. The first-order valence-corrected chi connectivity index (χ1v) is 8.68. The first-order valence-electron chi connectivity index (χ1n) is 7.61. The molecule has 1 aliphatic rings. The van der Waals surface area contributed by atoms with Gasteiger partial charge in [0.1, 0.15) is 0 Å². The number of benzene rings is 1. The van der Waals surface area contributed by atoms with Gasteiger partial charge in [-0.2, -0.15) is 31.6 Å². The van der Waals surface area contributed by atoms with Crippen LogP contribution >= 0.6 is 22.6 Å². The minimum Gasteiger partial charge on any atom is -0.222 e. The summed E-state index contributed by atoms with van der Waals surface area (Å²) in [4.78, 5) is 0. The number of nitrogens with zero attached hydrogens (tertiary/aromatic N) is 1. The Hall–Kier alpha value is -1.57. The monoisotopic (exact) mass is 502 g/mol. The Kier molecular flexibility index (Phi) is 5.72. The molecular formula is C18H12F7IN. The van der Waals surface area contributed by atoms with Gasteiger partial charge in [0.15, 0.2) is 0 Å². The van der Waals surface area contributed by atoms with E-state index >= 15 is 4.39 Å². The number of nitriles is 1. The Balaban J connectivity index is 3.06. The summed E-state index contributed by atoms with van der Waals surface area (Å²) in [6.45, 7) is 1.53. The largest absolute Gasteiger partial charge is 0.433 e. The van der Waals surface area contributed by atoms with Crippen LogP contribution < -0.4 is 0 Å². The van der Waals surface area contributed by atoms with Crippen molar-refractivity contribution >= 4 is 22.6 Å². The highest BCUT2D eigenvalue weighted by Gasteiger charge is 2.81. The third kappa shape index (κ3) is 3.37. The summed E-state index contributed by atoms with van der Waals surface area (Å²) < 4.78 is 97.3. The summed E-state index contributed by atoms with van der Waals surface area (Å²) in [5.41, 5.74) is -9.97. The van der Waals surface area contributed by atoms with Crippen LogP contribution in [0.15, 0.2) is 45.6 Å². The average molecular weight is 502 g/mol. The van der Waals surface area contributed by atoms with Gasteiger partial charge in [0.05, 0.1) is 17.0 Å². The Morgan fingerprint density at radius 1 is 1.00 bits per heavy atom. The molecule has 0 aliphatic heterocycles. The first kappa shape index (κ1) is 21.7. The van der Waals surface area contributed by atoms with Gasteiger partial charge >= 0.3 is 18.0 Å². The molecule has 9 heteroatoms. The predicted molar refractivity (Wildman–Crippen MR) is 93.6 cm³/mol. The van der Waals surface area contributed by atoms with E-state index in [4.69, 9.17) is 0 Å². The lowest BCUT2D eigenvalue weighted by Gasteiger charge is -2.45. The molecule has 145 valence electrons. The molecule has 1 aromatic rings. The lowest BCUT2D eigenvalue weighted by molar-refractivity contribution is -0.354. The van der Waals surface area contributed by atoms with E-state index in [1.54, 1.807) is 28.7 Å². The van der Waals surface area contributed by atoms with E-state index in [0.717, 1.165) is 12.1 Å². The van der Waals surface area contributed by atoms with Gasteiger partial charge in [-0.25, -0.2) is 4.39 Å². The van der Waals surface area contributed by atoms with Crippen molar-refractivity contribution < 1.29 is 30.7 Å². The van der Waals surface area contributed by atoms with Gasteiger partial charge in [0.2, 0.25) is 0 Å². The zero-order chi connectivity index (χ0) is 20.7. The predicted octanol–water partition coefficient (Wildman–Crippen LogP) is 6.50. The smallest absolute Gasteiger partial charge is 0.222 e. The second kappa shape index (κ2) is 7.11. The van der Waals surface area contributed by atoms with Crippen LogP contribution in [0.3, 0.4) is 0 Å². The SMILES string of the molecule is CCC1=CC(c2ccccc2C#N)(C(F)(C(F)(F)F)C(F)(F)F)C=C(I)[CH]1. The standard InChI is InChI=1S/C18H12F7IN/c1-2-11-7-13(26)9-15(8-11,14-6-4-3-5-12(14)10-27)16(19,17(20,21)22)18(23,24)25/h3-9H,2H2,1H3. The number of alkyl halides is 7. The molecule has 1 aliphatic carbocycles. The molecule has 0 heterocycles. The maximum absolute atomic E-state index is 15.4. The molecule has 1 radical (unpaired) electrons. The summed E-state index contributed by atoms with van der Waals surface area (Å²) in [5.74, 6) is 0. The van der Waals surface area contributed by atoms with Crippen LogP contribution in [0.2, 0.25) is 0 Å². The number of halogens is 8. The third-order valence-corrected chi connectivity index (χ3v) is 4.98. The lowest BCUT2D eigenvalue weighted by atomic mass is 9.63. The second-order valence-corrected chi connectivity index (χ2v) is 7.17. The molecule has 1 aromatic carbocycles. The van der Waals surface area contributed by atoms with Crippen molar-refractivity contribution in [2.24, 2.45) is 0 Å². The van der Waals surface area contributed by atoms with Gasteiger partial charge in [0, 0.05) is 6.42 Å². The zero-order valence-corrected chi connectivity index (χ0v) is 15.9. The van der Waals surface area contributed by atoms with Crippen molar-refractivity contribution in [1.82, 2.24) is 0 Å². The average Bonchev–Trinajstić information content (AvgIpc) is 2.58. The summed E-state index contributed by atoms with van der Waals surface area (Å²) in [6.07, 6.45) is -9.89. The highest BCUT2D eigenvalue weighted by atomic mass is 127. The van der Waals surface area contributed by atoms with Crippen LogP contribution in [0.1, 0.15) is 24.5 Å². The molecule has 0 aromatic heterocycles. The van der Waals surface area contributed by atoms with Crippen LogP contribution in [-0.4, -0.2) is 18.0 Å². The van der Waals surface area contributed by atoms with Gasteiger partial charge in [-0.05, 0) is 44.2 Å². The maximum Gasteiger partial charge on any atom is 0.433 e. The first-order chi connectivity index (χ1) is 12.3. The van der Waals surface area contributed by atoms with Gasteiger partial charge in [-0.1, -0.05) is 42.8 Å². The van der Waals surface area contributed by atoms with Crippen molar-refractivity contribution in [3.05, 3.63) is 63.1 Å². The molecule has 1 nitrogen and oxygen atoms in total. The minimum absolute atomic E-state index is 0.00946. The van der Waals surface area contributed by atoms with E-state index in [2.05, 4.69) is 0 Å². The lowest BCUT2D eigenvalue weighted by Crippen LogP contribution is -2.65. The van der Waals surface area contributed by atoms with E-state index in [1.807, 2.05) is 0 Å². The topological polar surface area (TPSA) is 23.8 Å². The fraction of sp³-hybridized carbons (Fsp3) is 0.333. The molecule has 0 bridgehead atoms. The number of hydrogen-bond donors (Lipinski definition) is 0. The van der Waals surface area contributed by atoms with Crippen molar-refractivity contribution in [3.63, 3.8) is 0 Å². The van der Waals surface area contributed by atoms with E-state index in [-0.39, 0.29) is 15.6 Å². The normalized spacial score (nSPS) is 21.3. The molecule has 0 fully saturated rings. The fourth-order valence-corrected chi connectivity index (χ4v) is 4.02. The van der Waals surface area contributed by atoms with Crippen LogP contribution in [0.25, 0.3) is 0 Å². The van der Waals surface area contributed by atoms with Crippen molar-refractivity contribution in [3.8, 4) is 6.07 Å². The molecular weight excluding hydrogens is 490 g/mol. The summed E-state index contributed by atoms with van der Waals surface area (Å²) in [7, 11) is 0. The second-order valence-electron chi connectivity index (χ2n) is 5.93. The van der Waals surface area contributed by atoms with Crippen molar-refractivity contribution in [2.75, 3.05) is 0 Å². The highest BCUT2D eigenvalue weighted by Crippen LogP contribution is 2.60. The number of rotatable bonds is 3. The number of allylic oxidation sites excluding steroid dienone is 4. The van der Waals surface area contributed by atoms with Crippen molar-refractivity contribution in [1.29, 1.82) is 5.26 Å². The number of hydrogen-bond acceptors (Lipinski definition) is 1. The van der Waals surface area contributed by atoms with Crippen LogP contribution in [0.5, 0.6) is 0 Å². The Labute approximate surface area is 164 Å². The minimum atomic E-state index is -6.28. The molecule has 1 unspecified atom stereocenters. The van der Waals surface area contributed by atoms with Gasteiger partial charge in [0.25, 0.3) is 0 Å². The van der Waals surface area contributed by atoms with Gasteiger partial charge in [-0.15, -0.1) is 0 Å². The van der Waals surface area contributed by atoms with Crippen LogP contribution in [0, 0.1) is 17.8 Å². The van der Waals surface area contributed by atoms with E-state index in [0.29, 0.717) is 12.2 Å². The Morgan fingerprint density at radius 2 is 1.56 bits per heavy atom. The molecule has 0 saturated heterocycles. The van der Waals surface area contributed by atoms with Crippen LogP contribution in [-0.2, 0) is 5.41 Å². The molecule has 0 spiro atoms. The highest BCUT2D eigenvalue weighted by molar-refractivity contribution is 14.1. The fourth-order valence-electron chi connectivity index (χ4n) is 3.13. The molecule has 0 amide bonds. The molecule has 2 rings (SSSR count). The zero-order valence-electron chi connectivity index (χ0n) is 13.7. The summed E-state index contributed by atoms with van der Waals surface area (Å²) >= 11 is 1.55. The third-order valence-electron chi connectivity index (χ3n) is 4.35. The van der Waals surface area contributed by atoms with E-state index in [1.165, 1.54) is 25.5 Å². The summed E-state index contributed by atoms with van der Waals surface area (Å²) in [6, 6.07) is 6.00. The quantitative estimate of drug-likeness (QED) is 0.342. The van der Waals surface area contributed by atoms with E-state index < -0.39 is 34.6 Å². The molecule has 0 saturated carbocycles. The van der Waals surface area contributed by atoms with Crippen molar-refractivity contribution in [2.45, 2.75) is 36.8 Å². The van der Waals surface area contributed by atoms with Crippen LogP contribution in [0.4, 0.5) is 30.7 Å². The Bertz CT molecular complexity index is 815. The van der Waals surface area contributed by atoms with E-state index in [9.17, 15) is 31.6 Å². The Morgan fingerprint density at radius 3 is 2.04 bits per heavy atom.